The lowest BCUT2D eigenvalue weighted by Gasteiger charge is -2.42. The number of esters is 1. The van der Waals surface area contributed by atoms with E-state index in [0.29, 0.717) is 13.0 Å². The molecule has 2 rings (SSSR count). The SMILES string of the molecule is CC/C=C\C/C=C\C/C=C\C/C=C\C/C=C\C/C=C\CCCCCCCCCOCC(COC1OC(COC2OC(CO)C(O)C(O)C2O)C(O)C(O)C1O)OC(=O)CCCCC/C=C\C/C=C\C/C=C\CC. The Hall–Kier alpha value is -3.35. The van der Waals surface area contributed by atoms with Crippen molar-refractivity contribution >= 4 is 5.97 Å². The van der Waals surface area contributed by atoms with Gasteiger partial charge in [0.15, 0.2) is 12.6 Å². The van der Waals surface area contributed by atoms with Gasteiger partial charge < -0.3 is 64.2 Å². The van der Waals surface area contributed by atoms with Gasteiger partial charge in [0, 0.05) is 13.0 Å². The summed E-state index contributed by atoms with van der Waals surface area (Å²) in [7, 11) is 0. The van der Waals surface area contributed by atoms with Gasteiger partial charge in [0.1, 0.15) is 54.9 Å². The molecule has 11 atom stereocenters. The van der Waals surface area contributed by atoms with Crippen molar-refractivity contribution in [3.8, 4) is 0 Å². The van der Waals surface area contributed by atoms with Gasteiger partial charge in [-0.1, -0.05) is 162 Å². The molecule has 0 bridgehead atoms. The van der Waals surface area contributed by atoms with Crippen LogP contribution in [-0.4, -0.2) is 142 Å². The summed E-state index contributed by atoms with van der Waals surface area (Å²) in [5.74, 6) is -0.415. The average molecular weight is 1030 g/mol. The highest BCUT2D eigenvalue weighted by molar-refractivity contribution is 5.69. The van der Waals surface area contributed by atoms with Gasteiger partial charge in [0.2, 0.25) is 0 Å². The zero-order chi connectivity index (χ0) is 53.0. The molecule has 416 valence electrons. The summed E-state index contributed by atoms with van der Waals surface area (Å²) in [5.41, 5.74) is 0. The van der Waals surface area contributed by atoms with Crippen molar-refractivity contribution in [3.63, 3.8) is 0 Å². The van der Waals surface area contributed by atoms with Gasteiger partial charge in [-0.15, -0.1) is 0 Å². The van der Waals surface area contributed by atoms with Crippen LogP contribution in [0.3, 0.4) is 0 Å². The number of ether oxygens (including phenoxy) is 6. The quantitative estimate of drug-likeness (QED) is 0.0173. The molecule has 2 heterocycles. The number of carbonyl (C=O) groups is 1. The standard InChI is InChI=1S/C59H96O14/c1-3-5-7-9-11-13-15-17-18-19-20-21-22-23-24-25-26-27-28-29-31-33-35-37-39-41-43-68-45-48(71-51(61)42-40-38-36-34-32-30-16-14-12-10-8-6-4-2)46-69-58-57(67)55(65)53(63)50(73-58)47-70-59-56(66)54(64)52(62)49(44-60)72-59/h5-8,11-14,17-18,20-21,23-24,26-27,30,32,48-50,52-60,62-67H,3-4,9-10,15-16,19,22,25,28-29,31,33-47H2,1-2H3/b7-5-,8-6-,13-11-,14-12-,18-17-,21-20-,24-23-,27-26-,32-30-. The van der Waals surface area contributed by atoms with Crippen LogP contribution in [0.15, 0.2) is 109 Å². The Kier molecular flexibility index (Phi) is 40.4. The fraction of sp³-hybridized carbons (Fsp3) is 0.678. The van der Waals surface area contributed by atoms with E-state index in [-0.39, 0.29) is 19.6 Å². The summed E-state index contributed by atoms with van der Waals surface area (Å²) < 4.78 is 34.3. The van der Waals surface area contributed by atoms with Gasteiger partial charge in [0.25, 0.3) is 0 Å². The van der Waals surface area contributed by atoms with Crippen LogP contribution >= 0.6 is 0 Å². The maximum atomic E-state index is 13.0. The van der Waals surface area contributed by atoms with E-state index in [1.807, 2.05) is 0 Å². The predicted octanol–water partition coefficient (Wildman–Crippen LogP) is 9.18. The van der Waals surface area contributed by atoms with Crippen molar-refractivity contribution in [2.45, 2.75) is 223 Å². The molecular formula is C59H96O14. The van der Waals surface area contributed by atoms with E-state index in [2.05, 4.69) is 123 Å². The molecule has 7 N–H and O–H groups in total. The van der Waals surface area contributed by atoms with Crippen LogP contribution in [0.4, 0.5) is 0 Å². The minimum absolute atomic E-state index is 0.0338. The highest BCUT2D eigenvalue weighted by Crippen LogP contribution is 2.26. The van der Waals surface area contributed by atoms with Crippen LogP contribution in [0.1, 0.15) is 155 Å². The number of aliphatic hydroxyl groups is 7. The third kappa shape index (κ3) is 32.0. The van der Waals surface area contributed by atoms with Gasteiger partial charge in [-0.3, -0.25) is 4.79 Å². The van der Waals surface area contributed by atoms with E-state index in [9.17, 15) is 40.5 Å². The number of hydrogen-bond donors (Lipinski definition) is 7. The van der Waals surface area contributed by atoms with Gasteiger partial charge in [-0.2, -0.15) is 0 Å². The highest BCUT2D eigenvalue weighted by atomic mass is 16.7. The Morgan fingerprint density at radius 3 is 1.33 bits per heavy atom. The first-order chi connectivity index (χ1) is 35.6. The normalized spacial score (nSPS) is 25.8. The van der Waals surface area contributed by atoms with Gasteiger partial charge in [0.05, 0.1) is 26.4 Å². The molecule has 73 heavy (non-hydrogen) atoms. The molecule has 2 aliphatic heterocycles. The predicted molar refractivity (Wildman–Crippen MR) is 288 cm³/mol. The number of allylic oxidation sites excluding steroid dienone is 18. The molecule has 2 fully saturated rings. The number of carbonyl (C=O) groups excluding carboxylic acids is 1. The van der Waals surface area contributed by atoms with Crippen LogP contribution in [-0.2, 0) is 33.2 Å². The highest BCUT2D eigenvalue weighted by Gasteiger charge is 2.47. The first-order valence-corrected chi connectivity index (χ1v) is 27.5. The Balaban J connectivity index is 1.72. The first kappa shape index (κ1) is 65.8. The van der Waals surface area contributed by atoms with Crippen molar-refractivity contribution in [1.82, 2.24) is 0 Å². The molecule has 14 heteroatoms. The molecule has 0 saturated carbocycles. The lowest BCUT2D eigenvalue weighted by molar-refractivity contribution is -0.332. The van der Waals surface area contributed by atoms with Crippen molar-refractivity contribution in [3.05, 3.63) is 109 Å². The van der Waals surface area contributed by atoms with Crippen molar-refractivity contribution in [2.24, 2.45) is 0 Å². The van der Waals surface area contributed by atoms with Crippen LogP contribution in [0.2, 0.25) is 0 Å². The molecular weight excluding hydrogens is 933 g/mol. The maximum absolute atomic E-state index is 13.0. The van der Waals surface area contributed by atoms with E-state index in [0.717, 1.165) is 109 Å². The van der Waals surface area contributed by atoms with E-state index in [1.165, 1.54) is 19.3 Å². The summed E-state index contributed by atoms with van der Waals surface area (Å²) in [5, 5.41) is 72.2. The third-order valence-electron chi connectivity index (χ3n) is 12.3. The molecule has 0 amide bonds. The molecule has 2 aliphatic rings. The second-order valence-electron chi connectivity index (χ2n) is 18.6. The largest absolute Gasteiger partial charge is 0.457 e. The zero-order valence-electron chi connectivity index (χ0n) is 44.3. The molecule has 0 aromatic carbocycles. The number of unbranched alkanes of at least 4 members (excludes halogenated alkanes) is 10. The second kappa shape index (κ2) is 44.9. The van der Waals surface area contributed by atoms with Crippen LogP contribution in [0, 0.1) is 0 Å². The van der Waals surface area contributed by atoms with Crippen molar-refractivity contribution in [1.29, 1.82) is 0 Å². The summed E-state index contributed by atoms with van der Waals surface area (Å²) in [6.07, 6.45) is 44.4. The molecule has 0 aromatic heterocycles. The van der Waals surface area contributed by atoms with E-state index < -0.39 is 86.7 Å². The second-order valence-corrected chi connectivity index (χ2v) is 18.6. The minimum atomic E-state index is -1.72. The Morgan fingerprint density at radius 2 is 0.849 bits per heavy atom. The Morgan fingerprint density at radius 1 is 0.452 bits per heavy atom. The smallest absolute Gasteiger partial charge is 0.306 e. The topological polar surface area (TPSA) is 214 Å². The Bertz CT molecular complexity index is 1620. The number of hydrogen-bond acceptors (Lipinski definition) is 14. The molecule has 0 aromatic rings. The van der Waals surface area contributed by atoms with Crippen LogP contribution in [0.25, 0.3) is 0 Å². The van der Waals surface area contributed by atoms with Gasteiger partial charge in [-0.05, 0) is 96.3 Å². The fourth-order valence-corrected chi connectivity index (χ4v) is 7.89. The molecule has 0 aliphatic carbocycles. The van der Waals surface area contributed by atoms with Crippen molar-refractivity contribution < 1.29 is 69.0 Å². The zero-order valence-corrected chi connectivity index (χ0v) is 44.3. The maximum Gasteiger partial charge on any atom is 0.306 e. The average Bonchev–Trinajstić information content (AvgIpc) is 3.39. The molecule has 14 nitrogen and oxygen atoms in total. The molecule has 0 spiro atoms. The third-order valence-corrected chi connectivity index (χ3v) is 12.3. The van der Waals surface area contributed by atoms with E-state index >= 15 is 0 Å². The summed E-state index contributed by atoms with van der Waals surface area (Å²) in [6, 6.07) is 0. The summed E-state index contributed by atoms with van der Waals surface area (Å²) >= 11 is 0. The first-order valence-electron chi connectivity index (χ1n) is 27.5. The van der Waals surface area contributed by atoms with E-state index in [1.54, 1.807) is 0 Å². The molecule has 11 unspecified atom stereocenters. The number of rotatable bonds is 42. The van der Waals surface area contributed by atoms with Crippen LogP contribution < -0.4 is 0 Å². The summed E-state index contributed by atoms with van der Waals surface area (Å²) in [6.45, 7) is 3.36. The van der Waals surface area contributed by atoms with Crippen molar-refractivity contribution in [2.75, 3.05) is 33.0 Å². The lowest BCUT2D eigenvalue weighted by Crippen LogP contribution is -2.61. The Labute approximate surface area is 438 Å². The molecule has 0 radical (unpaired) electrons. The molecule has 2 saturated heterocycles. The lowest BCUT2D eigenvalue weighted by atomic mass is 9.98. The van der Waals surface area contributed by atoms with Gasteiger partial charge >= 0.3 is 5.97 Å². The van der Waals surface area contributed by atoms with Gasteiger partial charge in [-0.25, -0.2) is 0 Å². The number of aliphatic hydroxyl groups excluding tert-OH is 7. The minimum Gasteiger partial charge on any atom is -0.457 e. The van der Waals surface area contributed by atoms with Crippen LogP contribution in [0.5, 0.6) is 0 Å². The fourth-order valence-electron chi connectivity index (χ4n) is 7.89. The van der Waals surface area contributed by atoms with E-state index in [4.69, 9.17) is 28.4 Å². The monoisotopic (exact) mass is 1030 g/mol. The summed E-state index contributed by atoms with van der Waals surface area (Å²) in [4.78, 5) is 13.0.